The van der Waals surface area contributed by atoms with Gasteiger partial charge in [-0.05, 0) is 42.5 Å². The van der Waals surface area contributed by atoms with E-state index in [0.29, 0.717) is 31.7 Å². The standard InChI is InChI=1S/C22H19BrFN5O/c23-15-3-1-4-17(13-15)25-22(30)28-11-9-27(10-12-28)21-20-5-2-8-29(20)19-7-6-16(24)14-18(19)26-21/h1-8,13-14H,9-12H2,(H,25,30). The van der Waals surface area contributed by atoms with Crippen LogP contribution in [0.1, 0.15) is 0 Å². The summed E-state index contributed by atoms with van der Waals surface area (Å²) in [7, 11) is 0. The molecule has 0 bridgehead atoms. The molecule has 0 aliphatic carbocycles. The molecule has 152 valence electrons. The van der Waals surface area contributed by atoms with Gasteiger partial charge in [0.1, 0.15) is 5.82 Å². The monoisotopic (exact) mass is 467 g/mol. The van der Waals surface area contributed by atoms with Gasteiger partial charge < -0.3 is 19.5 Å². The maximum absolute atomic E-state index is 13.8. The number of hydrogen-bond acceptors (Lipinski definition) is 3. The highest BCUT2D eigenvalue weighted by Gasteiger charge is 2.24. The van der Waals surface area contributed by atoms with Crippen molar-refractivity contribution < 1.29 is 9.18 Å². The van der Waals surface area contributed by atoms with Gasteiger partial charge in [0.05, 0.1) is 16.6 Å². The second-order valence-corrected chi connectivity index (χ2v) is 8.16. The first-order valence-corrected chi connectivity index (χ1v) is 10.5. The SMILES string of the molecule is O=C(Nc1cccc(Br)c1)N1CCN(c2nc3cc(F)ccc3n3cccc23)CC1. The van der Waals surface area contributed by atoms with Crippen molar-refractivity contribution in [2.45, 2.75) is 0 Å². The smallest absolute Gasteiger partial charge is 0.321 e. The summed E-state index contributed by atoms with van der Waals surface area (Å²) in [5, 5.41) is 2.94. The fourth-order valence-corrected chi connectivity index (χ4v) is 4.26. The molecule has 8 heteroatoms. The number of amides is 2. The lowest BCUT2D eigenvalue weighted by molar-refractivity contribution is 0.208. The van der Waals surface area contributed by atoms with Crippen LogP contribution in [0.4, 0.5) is 20.7 Å². The van der Waals surface area contributed by atoms with Gasteiger partial charge in [-0.1, -0.05) is 22.0 Å². The van der Waals surface area contributed by atoms with Gasteiger partial charge in [0, 0.05) is 48.6 Å². The zero-order chi connectivity index (χ0) is 20.7. The highest BCUT2D eigenvalue weighted by Crippen LogP contribution is 2.27. The van der Waals surface area contributed by atoms with E-state index in [9.17, 15) is 9.18 Å². The molecule has 2 aromatic carbocycles. The van der Waals surface area contributed by atoms with Crippen LogP contribution in [0.5, 0.6) is 0 Å². The summed E-state index contributed by atoms with van der Waals surface area (Å²) in [6, 6.07) is 16.0. The van der Waals surface area contributed by atoms with E-state index in [4.69, 9.17) is 4.98 Å². The average Bonchev–Trinajstić information content (AvgIpc) is 3.23. The highest BCUT2D eigenvalue weighted by molar-refractivity contribution is 9.10. The molecule has 0 atom stereocenters. The van der Waals surface area contributed by atoms with Crippen molar-refractivity contribution in [1.29, 1.82) is 0 Å². The molecule has 4 aromatic rings. The minimum Gasteiger partial charge on any atom is -0.351 e. The summed E-state index contributed by atoms with van der Waals surface area (Å²) in [5.41, 5.74) is 3.21. The molecule has 0 saturated carbocycles. The predicted octanol–water partition coefficient (Wildman–Crippen LogP) is 4.74. The van der Waals surface area contributed by atoms with Crippen molar-refractivity contribution in [3.63, 3.8) is 0 Å². The highest BCUT2D eigenvalue weighted by atomic mass is 79.9. The van der Waals surface area contributed by atoms with E-state index >= 15 is 0 Å². The van der Waals surface area contributed by atoms with Crippen LogP contribution in [0.3, 0.4) is 0 Å². The van der Waals surface area contributed by atoms with Gasteiger partial charge in [-0.15, -0.1) is 0 Å². The second-order valence-electron chi connectivity index (χ2n) is 7.25. The van der Waals surface area contributed by atoms with Gasteiger partial charge >= 0.3 is 6.03 Å². The van der Waals surface area contributed by atoms with Crippen molar-refractivity contribution in [2.75, 3.05) is 36.4 Å². The van der Waals surface area contributed by atoms with Crippen molar-refractivity contribution in [3.8, 4) is 0 Å². The number of carbonyl (C=O) groups is 1. The number of aromatic nitrogens is 2. The van der Waals surface area contributed by atoms with Gasteiger partial charge in [0.25, 0.3) is 0 Å². The molecule has 0 radical (unpaired) electrons. The molecule has 2 aromatic heterocycles. The van der Waals surface area contributed by atoms with E-state index in [-0.39, 0.29) is 11.8 Å². The lowest BCUT2D eigenvalue weighted by Gasteiger charge is -2.35. The molecule has 6 nitrogen and oxygen atoms in total. The Hall–Kier alpha value is -3.13. The number of hydrogen-bond donors (Lipinski definition) is 1. The van der Waals surface area contributed by atoms with Crippen molar-refractivity contribution in [1.82, 2.24) is 14.3 Å². The summed E-state index contributed by atoms with van der Waals surface area (Å²) in [6.07, 6.45) is 1.96. The number of urea groups is 1. The molecule has 1 aliphatic rings. The largest absolute Gasteiger partial charge is 0.351 e. The predicted molar refractivity (Wildman–Crippen MR) is 120 cm³/mol. The summed E-state index contributed by atoms with van der Waals surface area (Å²) >= 11 is 3.42. The quantitative estimate of drug-likeness (QED) is 0.463. The molecule has 5 rings (SSSR count). The van der Waals surface area contributed by atoms with Crippen LogP contribution in [0.2, 0.25) is 0 Å². The number of nitrogens with one attached hydrogen (secondary N) is 1. The molecule has 1 saturated heterocycles. The van der Waals surface area contributed by atoms with Crippen LogP contribution < -0.4 is 10.2 Å². The second kappa shape index (κ2) is 7.60. The van der Waals surface area contributed by atoms with Crippen LogP contribution in [-0.2, 0) is 0 Å². The average molecular weight is 468 g/mol. The van der Waals surface area contributed by atoms with Crippen LogP contribution in [0.25, 0.3) is 16.6 Å². The third-order valence-corrected chi connectivity index (χ3v) is 5.84. The zero-order valence-electron chi connectivity index (χ0n) is 16.1. The Morgan fingerprint density at radius 2 is 1.83 bits per heavy atom. The summed E-state index contributed by atoms with van der Waals surface area (Å²) in [5.74, 6) is 0.506. The molecular weight excluding hydrogens is 449 g/mol. The number of piperazine rings is 1. The maximum Gasteiger partial charge on any atom is 0.321 e. The molecule has 0 spiro atoms. The number of carbonyl (C=O) groups excluding carboxylic acids is 1. The van der Waals surface area contributed by atoms with E-state index in [1.807, 2.05) is 47.0 Å². The molecule has 0 unspecified atom stereocenters. The number of halogens is 2. The lowest BCUT2D eigenvalue weighted by atomic mass is 10.2. The molecule has 2 amide bonds. The van der Waals surface area contributed by atoms with Crippen molar-refractivity contribution in [2.24, 2.45) is 0 Å². The number of benzene rings is 2. The van der Waals surface area contributed by atoms with Gasteiger partial charge in [0.2, 0.25) is 0 Å². The van der Waals surface area contributed by atoms with E-state index in [0.717, 1.165) is 27.0 Å². The van der Waals surface area contributed by atoms with Crippen molar-refractivity contribution in [3.05, 3.63) is 71.1 Å². The zero-order valence-corrected chi connectivity index (χ0v) is 17.6. The third-order valence-electron chi connectivity index (χ3n) is 5.34. The Morgan fingerprint density at radius 1 is 1.00 bits per heavy atom. The lowest BCUT2D eigenvalue weighted by Crippen LogP contribution is -2.50. The first kappa shape index (κ1) is 18.9. The normalized spacial score (nSPS) is 14.5. The van der Waals surface area contributed by atoms with E-state index in [1.165, 1.54) is 12.1 Å². The molecule has 1 N–H and O–H groups in total. The Labute approximate surface area is 181 Å². The maximum atomic E-state index is 13.8. The van der Waals surface area contributed by atoms with Gasteiger partial charge in [-0.2, -0.15) is 0 Å². The first-order valence-electron chi connectivity index (χ1n) is 9.71. The van der Waals surface area contributed by atoms with E-state index < -0.39 is 0 Å². The number of rotatable bonds is 2. The number of anilines is 2. The van der Waals surface area contributed by atoms with Gasteiger partial charge in [-0.25, -0.2) is 14.2 Å². The van der Waals surface area contributed by atoms with Crippen molar-refractivity contribution >= 4 is 50.0 Å². The van der Waals surface area contributed by atoms with Crippen LogP contribution in [0, 0.1) is 5.82 Å². The number of nitrogens with zero attached hydrogens (tertiary/aromatic N) is 4. The minimum atomic E-state index is -0.304. The molecule has 1 aliphatic heterocycles. The number of fused-ring (bicyclic) bond motifs is 3. The first-order chi connectivity index (χ1) is 14.6. The fourth-order valence-electron chi connectivity index (χ4n) is 3.86. The van der Waals surface area contributed by atoms with E-state index in [2.05, 4.69) is 26.1 Å². The summed E-state index contributed by atoms with van der Waals surface area (Å²) in [6.45, 7) is 2.46. The van der Waals surface area contributed by atoms with Crippen LogP contribution >= 0.6 is 15.9 Å². The van der Waals surface area contributed by atoms with Gasteiger partial charge in [-0.3, -0.25) is 0 Å². The topological polar surface area (TPSA) is 52.9 Å². The molecular formula is C22H19BrFN5O. The Kier molecular flexibility index (Phi) is 4.78. The molecule has 3 heterocycles. The fraction of sp³-hybridized carbons (Fsp3) is 0.182. The molecule has 1 fully saturated rings. The summed E-state index contributed by atoms with van der Waals surface area (Å²) in [4.78, 5) is 21.3. The minimum absolute atomic E-state index is 0.117. The van der Waals surface area contributed by atoms with E-state index in [1.54, 1.807) is 11.0 Å². The third kappa shape index (κ3) is 3.47. The van der Waals surface area contributed by atoms with Gasteiger partial charge in [0.15, 0.2) is 5.82 Å². The van der Waals surface area contributed by atoms with Crippen LogP contribution in [0.15, 0.2) is 65.3 Å². The Bertz CT molecular complexity index is 1250. The molecule has 30 heavy (non-hydrogen) atoms. The van der Waals surface area contributed by atoms with Crippen LogP contribution in [-0.4, -0.2) is 46.5 Å². The Morgan fingerprint density at radius 3 is 2.63 bits per heavy atom. The summed E-state index contributed by atoms with van der Waals surface area (Å²) < 4.78 is 16.7. The Balaban J connectivity index is 1.35.